The lowest BCUT2D eigenvalue weighted by molar-refractivity contribution is -0.352. The van der Waals surface area contributed by atoms with Crippen LogP contribution in [0.5, 0.6) is 0 Å². The molecule has 2 heterocycles. The van der Waals surface area contributed by atoms with Gasteiger partial charge >= 0.3 is 0 Å². The van der Waals surface area contributed by atoms with Crippen LogP contribution >= 0.6 is 0 Å². The molecule has 2 saturated heterocycles. The lowest BCUT2D eigenvalue weighted by Gasteiger charge is -2.51. The highest BCUT2D eigenvalue weighted by molar-refractivity contribution is 5.21. The molecule has 20 heteroatoms. The third-order valence-electron chi connectivity index (χ3n) is 16.9. The number of rotatable bonds is 32. The SMILES string of the molecule is [N-]=[N+]=N[C@@H]1[C@@H](OCc2ccccc2)[C@@H](O[C@@H]2[C@@H](OCc3ccccc3)[C@H](O[C@@H]3O[C@H](CCc4ccccc4)[C@@H](OCc4ccccc4)[C@H](OCc4ccccc4)[C@H]3OCc3ccccc3)[C@@H](N=[N+]=[N-])C[C@H]2N=[N+]=[N-])O[C@H](COCc2ccccc2)[C@H]1OCc1ccccc1. The van der Waals surface area contributed by atoms with E-state index in [9.17, 15) is 16.6 Å². The molecule has 0 spiro atoms. The first-order chi connectivity index (χ1) is 46.5. The molecule has 94 heavy (non-hydrogen) atoms. The normalized spacial score (nSPS) is 25.8. The average Bonchev–Trinajstić information content (AvgIpc) is 0.795. The second-order valence-corrected chi connectivity index (χ2v) is 23.4. The van der Waals surface area contributed by atoms with Crippen molar-refractivity contribution in [1.82, 2.24) is 0 Å². The molecule has 20 nitrogen and oxygen atoms in total. The van der Waals surface area contributed by atoms with Gasteiger partial charge in [0, 0.05) is 14.7 Å². The molecule has 8 aromatic rings. The van der Waals surface area contributed by atoms with E-state index in [1.54, 1.807) is 0 Å². The van der Waals surface area contributed by atoms with Crippen molar-refractivity contribution >= 4 is 0 Å². The van der Waals surface area contributed by atoms with Crippen LogP contribution < -0.4 is 0 Å². The van der Waals surface area contributed by atoms with E-state index in [4.69, 9.17) is 52.1 Å². The van der Waals surface area contributed by atoms with E-state index in [2.05, 4.69) is 42.2 Å². The molecule has 1 aliphatic carbocycles. The van der Waals surface area contributed by atoms with Crippen molar-refractivity contribution < 1.29 is 52.1 Å². The highest BCUT2D eigenvalue weighted by Crippen LogP contribution is 2.41. The molecule has 3 fully saturated rings. The number of nitrogens with zero attached hydrogens (tertiary/aromatic N) is 9. The number of benzene rings is 8. The first-order valence-corrected chi connectivity index (χ1v) is 31.8. The second kappa shape index (κ2) is 35.5. The van der Waals surface area contributed by atoms with Crippen LogP contribution in [0.25, 0.3) is 31.3 Å². The second-order valence-electron chi connectivity index (χ2n) is 23.4. The first kappa shape index (κ1) is 66.7. The number of aryl methyl sites for hydroxylation is 1. The third-order valence-corrected chi connectivity index (χ3v) is 16.9. The van der Waals surface area contributed by atoms with E-state index in [0.717, 1.165) is 44.5 Å². The Hall–Kier alpha value is -8.75. The van der Waals surface area contributed by atoms with Gasteiger partial charge in [-0.25, -0.2) is 0 Å². The van der Waals surface area contributed by atoms with Crippen molar-refractivity contribution in [2.24, 2.45) is 15.3 Å². The van der Waals surface area contributed by atoms with Crippen LogP contribution in [-0.2, 0) is 105 Å². The van der Waals surface area contributed by atoms with Gasteiger partial charge in [-0.1, -0.05) is 258 Å². The standard InChI is InChI=1S/C74H77N9O11/c75-81-78-60-43-61(79-82-76)66(94-74-72(90-50-59-39-23-8-24-40-59)71(89-49-58-37-21-7-22-38-58)68(86-46-55-31-15-4-16-32-55)62(91-74)42-41-52-25-9-1-10-26-52)70(88-48-57-35-19-6-20-36-57)65(60)93-73-69(87-47-56-33-17-5-18-34-56)64(80-83-77)67(85-45-54-29-13-3-14-30-54)63(92-73)51-84-44-53-27-11-2-12-28-53/h1-40,60-74H,41-51H2/t60-,61+,62-,63-,64+,65+,66-,67-,68-,69-,70-,71+,72-,73-,74+/m1/s1. The van der Waals surface area contributed by atoms with Gasteiger partial charge < -0.3 is 52.1 Å². The molecule has 2 aliphatic heterocycles. The Morgan fingerprint density at radius 1 is 0.319 bits per heavy atom. The summed E-state index contributed by atoms with van der Waals surface area (Å²) in [6, 6.07) is 74.9. The predicted molar refractivity (Wildman–Crippen MR) is 351 cm³/mol. The van der Waals surface area contributed by atoms with Gasteiger partial charge in [-0.05, 0) is 80.4 Å². The van der Waals surface area contributed by atoms with Crippen molar-refractivity contribution in [2.75, 3.05) is 6.61 Å². The molecule has 8 aromatic carbocycles. The molecule has 3 aliphatic rings. The molecule has 15 atom stereocenters. The minimum absolute atomic E-state index is 0.0132. The molecule has 484 valence electrons. The molecule has 11 rings (SSSR count). The van der Waals surface area contributed by atoms with Crippen molar-refractivity contribution in [3.63, 3.8) is 0 Å². The lowest BCUT2D eigenvalue weighted by atomic mass is 9.83. The van der Waals surface area contributed by atoms with Gasteiger partial charge in [0.05, 0.1) is 95.4 Å². The Morgan fingerprint density at radius 3 is 1.02 bits per heavy atom. The zero-order valence-electron chi connectivity index (χ0n) is 52.0. The van der Waals surface area contributed by atoms with Gasteiger partial charge in [0.25, 0.3) is 0 Å². The van der Waals surface area contributed by atoms with Gasteiger partial charge in [0.2, 0.25) is 0 Å². The number of hydrogen-bond acceptors (Lipinski definition) is 14. The summed E-state index contributed by atoms with van der Waals surface area (Å²) in [4.78, 5) is 10.2. The third kappa shape index (κ3) is 18.8. The summed E-state index contributed by atoms with van der Waals surface area (Å²) in [6.07, 6.45) is -11.9. The average molecular weight is 1270 g/mol. The fourth-order valence-corrected chi connectivity index (χ4v) is 12.3. The summed E-state index contributed by atoms with van der Waals surface area (Å²) in [5, 5.41) is 13.2. The Balaban J connectivity index is 1.01. The summed E-state index contributed by atoms with van der Waals surface area (Å²) >= 11 is 0. The van der Waals surface area contributed by atoms with Crippen LogP contribution in [0.2, 0.25) is 0 Å². The van der Waals surface area contributed by atoms with Gasteiger partial charge in [0.1, 0.15) is 36.6 Å². The summed E-state index contributed by atoms with van der Waals surface area (Å²) in [7, 11) is 0. The number of hydrogen-bond donors (Lipinski definition) is 0. The Labute approximate surface area is 547 Å². The largest absolute Gasteiger partial charge is 0.374 e. The van der Waals surface area contributed by atoms with Crippen LogP contribution in [0, 0.1) is 0 Å². The molecule has 0 N–H and O–H groups in total. The molecule has 0 bridgehead atoms. The Kier molecular flexibility index (Phi) is 25.2. The van der Waals surface area contributed by atoms with Crippen LogP contribution in [-0.4, -0.2) is 98.4 Å². The van der Waals surface area contributed by atoms with E-state index >= 15 is 0 Å². The van der Waals surface area contributed by atoms with E-state index in [1.165, 1.54) is 0 Å². The minimum atomic E-state index is -1.41. The fraction of sp³-hybridized carbons (Fsp3) is 0.351. The van der Waals surface area contributed by atoms with Crippen molar-refractivity contribution in [3.8, 4) is 0 Å². The van der Waals surface area contributed by atoms with Gasteiger partial charge in [-0.15, -0.1) is 0 Å². The molecule has 0 aromatic heterocycles. The lowest BCUT2D eigenvalue weighted by Crippen LogP contribution is -2.66. The van der Waals surface area contributed by atoms with E-state index in [1.807, 2.05) is 231 Å². The van der Waals surface area contributed by atoms with Gasteiger partial charge in [0.15, 0.2) is 12.6 Å². The van der Waals surface area contributed by atoms with Gasteiger partial charge in [-0.3, -0.25) is 0 Å². The highest BCUT2D eigenvalue weighted by Gasteiger charge is 2.56. The quantitative estimate of drug-likeness (QED) is 0.0218. The van der Waals surface area contributed by atoms with Crippen molar-refractivity contribution in [2.45, 2.75) is 157 Å². The molecular weight excluding hydrogens is 1190 g/mol. The molecule has 0 unspecified atom stereocenters. The molecule has 1 saturated carbocycles. The first-order valence-electron chi connectivity index (χ1n) is 31.8. The summed E-state index contributed by atoms with van der Waals surface area (Å²) < 4.78 is 78.1. The zero-order valence-corrected chi connectivity index (χ0v) is 52.0. The van der Waals surface area contributed by atoms with E-state index in [0.29, 0.717) is 12.8 Å². The maximum absolute atomic E-state index is 10.6. The van der Waals surface area contributed by atoms with Crippen LogP contribution in [0.4, 0.5) is 0 Å². The molecule has 0 radical (unpaired) electrons. The maximum atomic E-state index is 10.6. The van der Waals surface area contributed by atoms with Crippen LogP contribution in [0.3, 0.4) is 0 Å². The minimum Gasteiger partial charge on any atom is -0.374 e. The molecule has 0 amide bonds. The van der Waals surface area contributed by atoms with Crippen LogP contribution in [0.1, 0.15) is 57.3 Å². The van der Waals surface area contributed by atoms with E-state index in [-0.39, 0.29) is 59.3 Å². The summed E-state index contributed by atoms with van der Waals surface area (Å²) in [6.45, 7) is 0.853. The topological polar surface area (TPSA) is 248 Å². The maximum Gasteiger partial charge on any atom is 0.187 e. The zero-order chi connectivity index (χ0) is 64.4. The molecular formula is C74H77N9O11. The Morgan fingerprint density at radius 2 is 0.628 bits per heavy atom. The van der Waals surface area contributed by atoms with Crippen molar-refractivity contribution in [3.05, 3.63) is 318 Å². The fourth-order valence-electron chi connectivity index (χ4n) is 12.3. The summed E-state index contributed by atoms with van der Waals surface area (Å²) in [5.74, 6) is 0. The smallest absolute Gasteiger partial charge is 0.187 e. The van der Waals surface area contributed by atoms with Gasteiger partial charge in [-0.2, -0.15) is 0 Å². The van der Waals surface area contributed by atoms with Crippen molar-refractivity contribution in [1.29, 1.82) is 0 Å². The number of ether oxygens (including phenoxy) is 11. The highest BCUT2D eigenvalue weighted by atomic mass is 16.7. The summed E-state index contributed by atoms with van der Waals surface area (Å²) in [5.41, 5.74) is 38.9. The number of azide groups is 3. The predicted octanol–water partition coefficient (Wildman–Crippen LogP) is 15.0. The Bertz CT molecular complexity index is 3650. The van der Waals surface area contributed by atoms with E-state index < -0.39 is 91.7 Å². The monoisotopic (exact) mass is 1270 g/mol. The van der Waals surface area contributed by atoms with Crippen LogP contribution in [0.15, 0.2) is 258 Å².